The van der Waals surface area contributed by atoms with Crippen molar-refractivity contribution in [3.05, 3.63) is 60.2 Å². The fourth-order valence-electron chi connectivity index (χ4n) is 1.97. The van der Waals surface area contributed by atoms with Crippen molar-refractivity contribution in [1.29, 1.82) is 0 Å². The SMILES string of the molecule is CC(C)CC(=O)c1ccc(-c2ccccc2)cc1. The van der Waals surface area contributed by atoms with Gasteiger partial charge in [0.25, 0.3) is 0 Å². The minimum Gasteiger partial charge on any atom is -0.294 e. The second-order valence-electron chi connectivity index (χ2n) is 4.96. The summed E-state index contributed by atoms with van der Waals surface area (Å²) in [7, 11) is 0. The van der Waals surface area contributed by atoms with E-state index in [2.05, 4.69) is 26.0 Å². The third kappa shape index (κ3) is 3.07. The van der Waals surface area contributed by atoms with Gasteiger partial charge in [-0.1, -0.05) is 68.4 Å². The maximum absolute atomic E-state index is 11.9. The largest absolute Gasteiger partial charge is 0.294 e. The van der Waals surface area contributed by atoms with Crippen LogP contribution in [0.25, 0.3) is 11.1 Å². The van der Waals surface area contributed by atoms with E-state index in [1.54, 1.807) is 0 Å². The Morgan fingerprint density at radius 2 is 1.44 bits per heavy atom. The van der Waals surface area contributed by atoms with Crippen LogP contribution < -0.4 is 0 Å². The Morgan fingerprint density at radius 3 is 2.00 bits per heavy atom. The highest BCUT2D eigenvalue weighted by Gasteiger charge is 2.08. The minimum atomic E-state index is 0.226. The molecule has 0 atom stereocenters. The molecule has 2 aromatic carbocycles. The molecule has 1 heteroatoms. The lowest BCUT2D eigenvalue weighted by Gasteiger charge is -2.05. The molecule has 0 heterocycles. The number of carbonyl (C=O) groups is 1. The Hall–Kier alpha value is -1.89. The summed E-state index contributed by atoms with van der Waals surface area (Å²) in [5.41, 5.74) is 3.14. The maximum atomic E-state index is 11.9. The first kappa shape index (κ1) is 12.6. The predicted octanol–water partition coefficient (Wildman–Crippen LogP) is 4.58. The molecule has 0 aliphatic rings. The number of hydrogen-bond acceptors (Lipinski definition) is 1. The lowest BCUT2D eigenvalue weighted by Crippen LogP contribution is -2.03. The van der Waals surface area contributed by atoms with Crippen LogP contribution in [0, 0.1) is 5.92 Å². The normalized spacial score (nSPS) is 10.6. The third-order valence-electron chi connectivity index (χ3n) is 2.91. The molecule has 0 saturated carbocycles. The van der Waals surface area contributed by atoms with E-state index >= 15 is 0 Å². The van der Waals surface area contributed by atoms with Crippen molar-refractivity contribution in [2.75, 3.05) is 0 Å². The smallest absolute Gasteiger partial charge is 0.163 e. The van der Waals surface area contributed by atoms with Crippen molar-refractivity contribution in [3.63, 3.8) is 0 Å². The molecule has 2 aromatic rings. The van der Waals surface area contributed by atoms with Gasteiger partial charge < -0.3 is 0 Å². The first-order valence-corrected chi connectivity index (χ1v) is 6.35. The maximum Gasteiger partial charge on any atom is 0.163 e. The second kappa shape index (κ2) is 5.63. The number of carbonyl (C=O) groups excluding carboxylic acids is 1. The van der Waals surface area contributed by atoms with Gasteiger partial charge in [-0.3, -0.25) is 4.79 Å². The number of rotatable bonds is 4. The van der Waals surface area contributed by atoms with E-state index in [0.29, 0.717) is 12.3 Å². The number of ketones is 1. The molecule has 18 heavy (non-hydrogen) atoms. The van der Waals surface area contributed by atoms with Crippen molar-refractivity contribution in [2.24, 2.45) is 5.92 Å². The van der Waals surface area contributed by atoms with Gasteiger partial charge in [0.2, 0.25) is 0 Å². The molecular formula is C17H18O. The molecule has 2 rings (SSSR count). The van der Waals surface area contributed by atoms with Crippen LogP contribution in [-0.2, 0) is 0 Å². The van der Waals surface area contributed by atoms with Crippen molar-refractivity contribution < 1.29 is 4.79 Å². The van der Waals surface area contributed by atoms with Crippen LogP contribution >= 0.6 is 0 Å². The van der Waals surface area contributed by atoms with Crippen molar-refractivity contribution >= 4 is 5.78 Å². The molecule has 0 amide bonds. The van der Waals surface area contributed by atoms with Crippen molar-refractivity contribution in [2.45, 2.75) is 20.3 Å². The molecule has 1 nitrogen and oxygen atoms in total. The summed E-state index contributed by atoms with van der Waals surface area (Å²) in [5, 5.41) is 0. The Morgan fingerprint density at radius 1 is 0.889 bits per heavy atom. The summed E-state index contributed by atoms with van der Waals surface area (Å²) in [5.74, 6) is 0.635. The van der Waals surface area contributed by atoms with Crippen molar-refractivity contribution in [1.82, 2.24) is 0 Å². The monoisotopic (exact) mass is 238 g/mol. The number of benzene rings is 2. The topological polar surface area (TPSA) is 17.1 Å². The molecule has 0 fully saturated rings. The average Bonchev–Trinajstić information content (AvgIpc) is 2.39. The third-order valence-corrected chi connectivity index (χ3v) is 2.91. The van der Waals surface area contributed by atoms with Crippen LogP contribution in [0.5, 0.6) is 0 Å². The Kier molecular flexibility index (Phi) is 3.93. The van der Waals surface area contributed by atoms with E-state index in [1.165, 1.54) is 5.56 Å². The van der Waals surface area contributed by atoms with Gasteiger partial charge in [0.1, 0.15) is 0 Å². The summed E-state index contributed by atoms with van der Waals surface area (Å²) in [6, 6.07) is 18.1. The van der Waals surface area contributed by atoms with Gasteiger partial charge in [-0.05, 0) is 17.0 Å². The zero-order valence-corrected chi connectivity index (χ0v) is 10.9. The Labute approximate surface area is 108 Å². The average molecular weight is 238 g/mol. The molecule has 0 aliphatic carbocycles. The van der Waals surface area contributed by atoms with Gasteiger partial charge in [0.05, 0.1) is 0 Å². The lowest BCUT2D eigenvalue weighted by atomic mass is 9.98. The molecule has 0 unspecified atom stereocenters. The molecule has 0 aromatic heterocycles. The molecule has 92 valence electrons. The molecule has 0 N–H and O–H groups in total. The van der Waals surface area contributed by atoms with Crippen molar-refractivity contribution in [3.8, 4) is 11.1 Å². The highest BCUT2D eigenvalue weighted by Crippen LogP contribution is 2.20. The van der Waals surface area contributed by atoms with Gasteiger partial charge in [0, 0.05) is 12.0 Å². The fraction of sp³-hybridized carbons (Fsp3) is 0.235. The first-order valence-electron chi connectivity index (χ1n) is 6.35. The zero-order valence-electron chi connectivity index (χ0n) is 10.9. The minimum absolute atomic E-state index is 0.226. The van der Waals surface area contributed by atoms with Gasteiger partial charge in [-0.15, -0.1) is 0 Å². The molecule has 0 bridgehead atoms. The molecule has 0 saturated heterocycles. The molecule has 0 radical (unpaired) electrons. The van der Waals surface area contributed by atoms with E-state index in [4.69, 9.17) is 0 Å². The molecule has 0 aliphatic heterocycles. The van der Waals surface area contributed by atoms with E-state index in [-0.39, 0.29) is 5.78 Å². The molecular weight excluding hydrogens is 220 g/mol. The fourth-order valence-corrected chi connectivity index (χ4v) is 1.97. The van der Waals surface area contributed by atoms with Crippen LogP contribution in [0.3, 0.4) is 0 Å². The number of Topliss-reactive ketones (excluding diaryl/α,β-unsaturated/α-hetero) is 1. The van der Waals surface area contributed by atoms with Crippen LogP contribution in [0.15, 0.2) is 54.6 Å². The summed E-state index contributed by atoms with van der Waals surface area (Å²) >= 11 is 0. The second-order valence-corrected chi connectivity index (χ2v) is 4.96. The van der Waals surface area contributed by atoms with Gasteiger partial charge in [0.15, 0.2) is 5.78 Å². The Balaban J connectivity index is 2.18. The van der Waals surface area contributed by atoms with E-state index in [9.17, 15) is 4.79 Å². The van der Waals surface area contributed by atoms with Gasteiger partial charge >= 0.3 is 0 Å². The molecule has 0 spiro atoms. The standard InChI is InChI=1S/C17H18O/c1-13(2)12-17(18)16-10-8-15(9-11-16)14-6-4-3-5-7-14/h3-11,13H,12H2,1-2H3. The predicted molar refractivity (Wildman–Crippen MR) is 75.7 cm³/mol. The summed E-state index contributed by atoms with van der Waals surface area (Å²) in [6.07, 6.45) is 0.616. The zero-order chi connectivity index (χ0) is 13.0. The van der Waals surface area contributed by atoms with E-state index in [1.807, 2.05) is 42.5 Å². The summed E-state index contributed by atoms with van der Waals surface area (Å²) in [6.45, 7) is 4.13. The first-order chi connectivity index (χ1) is 8.66. The van der Waals surface area contributed by atoms with E-state index in [0.717, 1.165) is 11.1 Å². The van der Waals surface area contributed by atoms with Gasteiger partial charge in [-0.25, -0.2) is 0 Å². The van der Waals surface area contributed by atoms with Gasteiger partial charge in [-0.2, -0.15) is 0 Å². The highest BCUT2D eigenvalue weighted by atomic mass is 16.1. The van der Waals surface area contributed by atoms with Crippen LogP contribution in [0.4, 0.5) is 0 Å². The Bertz CT molecular complexity index is 509. The summed E-state index contributed by atoms with van der Waals surface area (Å²) in [4.78, 5) is 11.9. The van der Waals surface area contributed by atoms with Crippen LogP contribution in [-0.4, -0.2) is 5.78 Å². The lowest BCUT2D eigenvalue weighted by molar-refractivity contribution is 0.0968. The van der Waals surface area contributed by atoms with Crippen LogP contribution in [0.2, 0.25) is 0 Å². The quantitative estimate of drug-likeness (QED) is 0.712. The number of hydrogen-bond donors (Lipinski definition) is 0. The summed E-state index contributed by atoms with van der Waals surface area (Å²) < 4.78 is 0. The van der Waals surface area contributed by atoms with Crippen LogP contribution in [0.1, 0.15) is 30.6 Å². The highest BCUT2D eigenvalue weighted by molar-refractivity contribution is 5.96. The van der Waals surface area contributed by atoms with E-state index < -0.39 is 0 Å².